The molecule has 0 fully saturated rings. The van der Waals surface area contributed by atoms with Crippen LogP contribution in [0.5, 0.6) is 0 Å². The average Bonchev–Trinajstić information content (AvgIpc) is 3.48. The molecule has 0 atom stereocenters. The van der Waals surface area contributed by atoms with Crippen molar-refractivity contribution in [2.45, 2.75) is 13.5 Å². The lowest BCUT2D eigenvalue weighted by atomic mass is 10.0. The number of rotatable bonds is 8. The maximum atomic E-state index is 13.4. The second-order valence-corrected chi connectivity index (χ2v) is 9.01. The first-order valence-electron chi connectivity index (χ1n) is 12.3. The van der Waals surface area contributed by atoms with Crippen LogP contribution < -0.4 is 16.0 Å². The molecule has 3 heterocycles. The summed E-state index contributed by atoms with van der Waals surface area (Å²) in [5.74, 6) is -2.06. The van der Waals surface area contributed by atoms with Crippen LogP contribution in [-0.2, 0) is 11.3 Å². The minimum atomic E-state index is -0.966. The number of carbonyl (C=O) groups is 2. The molecule has 0 saturated heterocycles. The molecule has 2 aromatic carbocycles. The van der Waals surface area contributed by atoms with Gasteiger partial charge in [0.2, 0.25) is 0 Å². The van der Waals surface area contributed by atoms with Crippen LogP contribution in [0.25, 0.3) is 17.7 Å². The molecule has 0 aliphatic carbocycles. The van der Waals surface area contributed by atoms with Crippen molar-refractivity contribution in [3.63, 3.8) is 0 Å². The number of aryl methyl sites for hydroxylation is 1. The van der Waals surface area contributed by atoms with E-state index in [4.69, 9.17) is 0 Å². The number of anilines is 2. The molecular formula is C30H25F2N5O2. The third-order valence-corrected chi connectivity index (χ3v) is 6.30. The van der Waals surface area contributed by atoms with E-state index in [1.165, 1.54) is 6.07 Å². The Kier molecular flexibility index (Phi) is 7.31. The minimum Gasteiger partial charge on any atom is -0.366 e. The van der Waals surface area contributed by atoms with Gasteiger partial charge < -0.3 is 20.9 Å². The zero-order chi connectivity index (χ0) is 27.4. The van der Waals surface area contributed by atoms with Crippen molar-refractivity contribution >= 4 is 41.0 Å². The molecule has 0 unspecified atom stereocenters. The van der Waals surface area contributed by atoms with E-state index in [9.17, 15) is 18.4 Å². The number of halogens is 2. The molecule has 0 radical (unpaired) electrons. The zero-order valence-electron chi connectivity index (χ0n) is 21.0. The maximum Gasteiger partial charge on any atom is 0.256 e. The molecule has 2 amide bonds. The molecule has 5 rings (SSSR count). The van der Waals surface area contributed by atoms with Crippen LogP contribution in [0.2, 0.25) is 0 Å². The SMILES string of the molecule is Cc1cc[nH]c1/C=C1\C(=O)Nc2cc(/C=C/CNc3ncccc3C(=O)NCc3ccc(F)c(F)c3)ccc21. The molecule has 0 bridgehead atoms. The summed E-state index contributed by atoms with van der Waals surface area (Å²) in [4.78, 5) is 32.6. The quantitative estimate of drug-likeness (QED) is 0.227. The Hall–Kier alpha value is -5.05. The number of hydrogen-bond acceptors (Lipinski definition) is 4. The fourth-order valence-corrected chi connectivity index (χ4v) is 4.23. The predicted molar refractivity (Wildman–Crippen MR) is 148 cm³/mol. The van der Waals surface area contributed by atoms with Crippen LogP contribution >= 0.6 is 0 Å². The monoisotopic (exact) mass is 525 g/mol. The molecule has 4 N–H and O–H groups in total. The first kappa shape index (κ1) is 25.6. The maximum absolute atomic E-state index is 13.4. The largest absolute Gasteiger partial charge is 0.366 e. The van der Waals surface area contributed by atoms with Crippen molar-refractivity contribution in [1.29, 1.82) is 0 Å². The normalized spacial score (nSPS) is 13.5. The molecule has 196 valence electrons. The van der Waals surface area contributed by atoms with Gasteiger partial charge >= 0.3 is 0 Å². The number of aromatic amines is 1. The highest BCUT2D eigenvalue weighted by Crippen LogP contribution is 2.34. The topological polar surface area (TPSA) is 98.9 Å². The van der Waals surface area contributed by atoms with Crippen molar-refractivity contribution < 1.29 is 18.4 Å². The lowest BCUT2D eigenvalue weighted by Gasteiger charge is -2.10. The molecule has 39 heavy (non-hydrogen) atoms. The molecule has 0 saturated carbocycles. The Bertz CT molecular complexity index is 1620. The summed E-state index contributed by atoms with van der Waals surface area (Å²) in [7, 11) is 0. The summed E-state index contributed by atoms with van der Waals surface area (Å²) in [6, 6.07) is 14.5. The number of fused-ring (bicyclic) bond motifs is 1. The van der Waals surface area contributed by atoms with E-state index in [0.717, 1.165) is 40.2 Å². The lowest BCUT2D eigenvalue weighted by molar-refractivity contribution is -0.110. The van der Waals surface area contributed by atoms with Gasteiger partial charge in [-0.1, -0.05) is 30.4 Å². The van der Waals surface area contributed by atoms with Crippen LogP contribution in [0.4, 0.5) is 20.3 Å². The van der Waals surface area contributed by atoms with Gasteiger partial charge in [0.05, 0.1) is 11.1 Å². The second-order valence-electron chi connectivity index (χ2n) is 9.01. The van der Waals surface area contributed by atoms with Gasteiger partial charge in [-0.25, -0.2) is 13.8 Å². The number of H-pyrrole nitrogens is 1. The van der Waals surface area contributed by atoms with Crippen molar-refractivity contribution in [3.8, 4) is 0 Å². The standard InChI is InChI=1S/C30H25F2N5O2/c1-18-10-13-33-26(18)16-23-21-8-6-19(15-27(21)37-30(23)39)4-2-11-34-28-22(5-3-12-35-28)29(38)36-17-20-7-9-24(31)25(32)14-20/h2-10,12-16,33H,11,17H2,1H3,(H,34,35)(H,36,38)(H,37,39)/b4-2+,23-16-. The summed E-state index contributed by atoms with van der Waals surface area (Å²) in [6.07, 6.45) is 9.06. The van der Waals surface area contributed by atoms with Crippen LogP contribution in [0, 0.1) is 18.6 Å². The van der Waals surface area contributed by atoms with E-state index in [-0.39, 0.29) is 12.5 Å². The zero-order valence-corrected chi connectivity index (χ0v) is 21.0. The number of pyridine rings is 1. The average molecular weight is 526 g/mol. The first-order valence-corrected chi connectivity index (χ1v) is 12.3. The Morgan fingerprint density at radius 2 is 1.95 bits per heavy atom. The predicted octanol–water partition coefficient (Wildman–Crippen LogP) is 5.54. The van der Waals surface area contributed by atoms with Crippen molar-refractivity contribution in [2.24, 2.45) is 0 Å². The molecule has 1 aliphatic rings. The third-order valence-electron chi connectivity index (χ3n) is 6.30. The van der Waals surface area contributed by atoms with E-state index in [1.54, 1.807) is 18.3 Å². The highest BCUT2D eigenvalue weighted by molar-refractivity contribution is 6.35. The van der Waals surface area contributed by atoms with Gasteiger partial charge in [-0.2, -0.15) is 0 Å². The van der Waals surface area contributed by atoms with Crippen molar-refractivity contribution in [1.82, 2.24) is 15.3 Å². The number of amides is 2. The van der Waals surface area contributed by atoms with Gasteiger partial charge in [0, 0.05) is 42.4 Å². The van der Waals surface area contributed by atoms with E-state index in [1.807, 2.05) is 55.6 Å². The van der Waals surface area contributed by atoms with Gasteiger partial charge in [0.15, 0.2) is 11.6 Å². The summed E-state index contributed by atoms with van der Waals surface area (Å²) < 4.78 is 26.6. The summed E-state index contributed by atoms with van der Waals surface area (Å²) in [5.41, 5.74) is 5.83. The number of hydrogen-bond donors (Lipinski definition) is 4. The minimum absolute atomic E-state index is 0.0423. The number of benzene rings is 2. The van der Waals surface area contributed by atoms with Crippen molar-refractivity contribution in [2.75, 3.05) is 17.2 Å². The van der Waals surface area contributed by atoms with Crippen LogP contribution in [0.1, 0.15) is 38.3 Å². The Balaban J connectivity index is 1.21. The molecule has 1 aliphatic heterocycles. The Morgan fingerprint density at radius 3 is 2.74 bits per heavy atom. The van der Waals surface area contributed by atoms with Gasteiger partial charge in [0.25, 0.3) is 11.8 Å². The van der Waals surface area contributed by atoms with E-state index < -0.39 is 17.5 Å². The summed E-state index contributed by atoms with van der Waals surface area (Å²) in [6.45, 7) is 2.41. The number of aromatic nitrogens is 2. The smallest absolute Gasteiger partial charge is 0.256 e. The summed E-state index contributed by atoms with van der Waals surface area (Å²) in [5, 5.41) is 8.75. The molecule has 7 nitrogen and oxygen atoms in total. The fourth-order valence-electron chi connectivity index (χ4n) is 4.23. The Morgan fingerprint density at radius 1 is 1.08 bits per heavy atom. The van der Waals surface area contributed by atoms with Gasteiger partial charge in [-0.05, 0) is 66.1 Å². The number of carbonyl (C=O) groups excluding carboxylic acids is 2. The first-order chi connectivity index (χ1) is 18.9. The number of nitrogens with one attached hydrogen (secondary N) is 4. The molecule has 0 spiro atoms. The van der Waals surface area contributed by atoms with Crippen LogP contribution in [0.3, 0.4) is 0 Å². The van der Waals surface area contributed by atoms with Crippen molar-refractivity contribution in [3.05, 3.63) is 118 Å². The second kappa shape index (κ2) is 11.1. The molecule has 2 aromatic heterocycles. The third kappa shape index (κ3) is 5.77. The summed E-state index contributed by atoms with van der Waals surface area (Å²) >= 11 is 0. The molecule has 9 heteroatoms. The molecular weight excluding hydrogens is 500 g/mol. The van der Waals surface area contributed by atoms with Gasteiger partial charge in [-0.15, -0.1) is 0 Å². The van der Waals surface area contributed by atoms with Crippen LogP contribution in [0.15, 0.2) is 73.1 Å². The lowest BCUT2D eigenvalue weighted by Crippen LogP contribution is -2.24. The van der Waals surface area contributed by atoms with Gasteiger partial charge in [-0.3, -0.25) is 9.59 Å². The Labute approximate surface area is 223 Å². The van der Waals surface area contributed by atoms with Crippen LogP contribution in [-0.4, -0.2) is 28.3 Å². The fraction of sp³-hybridized carbons (Fsp3) is 0.100. The highest BCUT2D eigenvalue weighted by Gasteiger charge is 2.24. The molecule has 4 aromatic rings. The number of nitrogens with zero attached hydrogens (tertiary/aromatic N) is 1. The van der Waals surface area contributed by atoms with E-state index in [2.05, 4.69) is 25.9 Å². The highest BCUT2D eigenvalue weighted by atomic mass is 19.2. The van der Waals surface area contributed by atoms with Gasteiger partial charge in [0.1, 0.15) is 5.82 Å². The van der Waals surface area contributed by atoms with E-state index in [0.29, 0.717) is 29.1 Å². The van der Waals surface area contributed by atoms with E-state index >= 15 is 0 Å².